The second kappa shape index (κ2) is 10.4. The van der Waals surface area contributed by atoms with Crippen molar-refractivity contribution >= 4 is 33.8 Å². The molecular weight excluding hydrogens is 440 g/mol. The first-order valence-corrected chi connectivity index (χ1v) is 10.4. The molecule has 1 aromatic carbocycles. The molecule has 0 bridgehead atoms. The van der Waals surface area contributed by atoms with E-state index in [4.69, 9.17) is 9.47 Å². The van der Waals surface area contributed by atoms with Gasteiger partial charge in [0.2, 0.25) is 5.54 Å². The average Bonchev–Trinajstić information content (AvgIpc) is 2.65. The highest BCUT2D eigenvalue weighted by Crippen LogP contribution is 2.21. The van der Waals surface area contributed by atoms with Crippen molar-refractivity contribution in [2.75, 3.05) is 5.33 Å². The van der Waals surface area contributed by atoms with Crippen molar-refractivity contribution in [2.24, 2.45) is 0 Å². The summed E-state index contributed by atoms with van der Waals surface area (Å²) in [6.07, 6.45) is -1.04. The Morgan fingerprint density at radius 3 is 2.24 bits per heavy atom. The van der Waals surface area contributed by atoms with Gasteiger partial charge in [-0.2, -0.15) is 5.26 Å². The van der Waals surface area contributed by atoms with Crippen LogP contribution in [-0.4, -0.2) is 40.4 Å². The van der Waals surface area contributed by atoms with E-state index in [0.717, 1.165) is 5.56 Å². The van der Waals surface area contributed by atoms with Gasteiger partial charge in [0.25, 0.3) is 5.91 Å². The summed E-state index contributed by atoms with van der Waals surface area (Å²) in [6.45, 7) is 8.60. The zero-order valence-corrected chi connectivity index (χ0v) is 19.0. The van der Waals surface area contributed by atoms with Crippen LogP contribution in [0.1, 0.15) is 45.2 Å². The summed E-state index contributed by atoms with van der Waals surface area (Å²) >= 11 is 2.97. The van der Waals surface area contributed by atoms with Gasteiger partial charge in [0.1, 0.15) is 17.0 Å². The molecule has 0 heterocycles. The summed E-state index contributed by atoms with van der Waals surface area (Å²) in [7, 11) is 0. The molecule has 0 aliphatic heterocycles. The maximum Gasteiger partial charge on any atom is 0.347 e. The smallest absolute Gasteiger partial charge is 0.347 e. The molecule has 0 saturated heterocycles. The lowest BCUT2D eigenvalue weighted by atomic mass is 9.91. The third-order valence-electron chi connectivity index (χ3n) is 3.91. The Bertz CT molecular complexity index is 780. The molecule has 1 N–H and O–H groups in total. The van der Waals surface area contributed by atoms with Gasteiger partial charge >= 0.3 is 11.9 Å². The summed E-state index contributed by atoms with van der Waals surface area (Å²) in [5, 5.41) is 12.3. The van der Waals surface area contributed by atoms with Crippen LogP contribution < -0.4 is 5.32 Å². The number of halogens is 1. The number of hydrogen-bond acceptors (Lipinski definition) is 6. The summed E-state index contributed by atoms with van der Waals surface area (Å²) < 4.78 is 10.5. The molecule has 158 valence electrons. The number of ether oxygens (including phenoxy) is 2. The number of esters is 2. The standard InChI is InChI=1S/C21H27BrN2O5/c1-6-16(28-17(25)12-22)18(26)24-21(13-23,19(27)29-20(3,4)5)11-15-9-7-14(2)8-10-15/h7-10,16H,6,11-12H2,1-5H3,(H,24,26). The number of alkyl halides is 1. The number of amides is 1. The van der Waals surface area contributed by atoms with E-state index in [2.05, 4.69) is 21.2 Å². The predicted molar refractivity (Wildman–Crippen MR) is 111 cm³/mol. The van der Waals surface area contributed by atoms with Crippen LogP contribution in [0.15, 0.2) is 24.3 Å². The van der Waals surface area contributed by atoms with Crippen molar-refractivity contribution < 1.29 is 23.9 Å². The Morgan fingerprint density at radius 2 is 1.79 bits per heavy atom. The largest absolute Gasteiger partial charge is 0.457 e. The van der Waals surface area contributed by atoms with Gasteiger partial charge in [0.15, 0.2) is 6.10 Å². The topological polar surface area (TPSA) is 105 Å². The highest BCUT2D eigenvalue weighted by molar-refractivity contribution is 9.09. The van der Waals surface area contributed by atoms with Gasteiger partial charge in [-0.25, -0.2) is 4.79 Å². The molecule has 0 aromatic heterocycles. The Labute approximate surface area is 179 Å². The monoisotopic (exact) mass is 466 g/mol. The Kier molecular flexibility index (Phi) is 8.83. The summed E-state index contributed by atoms with van der Waals surface area (Å²) in [6, 6.07) is 9.17. The molecule has 2 atom stereocenters. The predicted octanol–water partition coefficient (Wildman–Crippen LogP) is 2.97. The van der Waals surface area contributed by atoms with Crippen molar-refractivity contribution in [1.29, 1.82) is 5.26 Å². The van der Waals surface area contributed by atoms with Crippen LogP contribution in [0.3, 0.4) is 0 Å². The quantitative estimate of drug-likeness (QED) is 0.466. The van der Waals surface area contributed by atoms with Gasteiger partial charge in [-0.15, -0.1) is 0 Å². The molecule has 1 amide bonds. The number of nitriles is 1. The van der Waals surface area contributed by atoms with Crippen molar-refractivity contribution in [3.8, 4) is 6.07 Å². The van der Waals surface area contributed by atoms with Gasteiger partial charge in [0.05, 0.1) is 0 Å². The molecule has 1 aromatic rings. The van der Waals surface area contributed by atoms with Crippen molar-refractivity contribution in [2.45, 2.75) is 64.7 Å². The van der Waals surface area contributed by atoms with Gasteiger partial charge in [-0.05, 0) is 39.7 Å². The van der Waals surface area contributed by atoms with Crippen molar-refractivity contribution in [3.05, 3.63) is 35.4 Å². The first-order valence-electron chi connectivity index (χ1n) is 9.24. The third kappa shape index (κ3) is 7.50. The number of rotatable bonds is 8. The molecule has 0 aliphatic rings. The Balaban J connectivity index is 3.25. The lowest BCUT2D eigenvalue weighted by Gasteiger charge is -2.31. The van der Waals surface area contributed by atoms with E-state index in [9.17, 15) is 19.6 Å². The maximum absolute atomic E-state index is 12.9. The van der Waals surface area contributed by atoms with Crippen LogP contribution in [0.4, 0.5) is 0 Å². The first kappa shape index (κ1) is 24.6. The van der Waals surface area contributed by atoms with E-state index in [-0.39, 0.29) is 18.2 Å². The number of aryl methyl sites for hydroxylation is 1. The van der Waals surface area contributed by atoms with E-state index in [1.165, 1.54) is 0 Å². The molecular formula is C21H27BrN2O5. The number of nitrogens with zero attached hydrogens (tertiary/aromatic N) is 1. The molecule has 1 rings (SSSR count). The van der Waals surface area contributed by atoms with Gasteiger partial charge < -0.3 is 14.8 Å². The molecule has 0 fully saturated rings. The number of nitrogens with one attached hydrogen (secondary N) is 1. The van der Waals surface area contributed by atoms with Gasteiger partial charge in [-0.1, -0.05) is 52.7 Å². The summed E-state index contributed by atoms with van der Waals surface area (Å²) in [5.74, 6) is -2.23. The fourth-order valence-corrected chi connectivity index (χ4v) is 2.59. The SMILES string of the molecule is CCC(OC(=O)CBr)C(=O)NC(C#N)(Cc1ccc(C)cc1)C(=O)OC(C)(C)C. The van der Waals surface area contributed by atoms with E-state index >= 15 is 0 Å². The van der Waals surface area contributed by atoms with Crippen molar-refractivity contribution in [3.63, 3.8) is 0 Å². The fraction of sp³-hybridized carbons (Fsp3) is 0.524. The second-order valence-electron chi connectivity index (χ2n) is 7.69. The van der Waals surface area contributed by atoms with Crippen molar-refractivity contribution in [1.82, 2.24) is 5.32 Å². The fourth-order valence-electron chi connectivity index (χ4n) is 2.46. The lowest BCUT2D eigenvalue weighted by Crippen LogP contribution is -2.59. The zero-order valence-electron chi connectivity index (χ0n) is 17.4. The minimum atomic E-state index is -1.96. The molecule has 7 nitrogen and oxygen atoms in total. The van der Waals surface area contributed by atoms with E-state index in [1.807, 2.05) is 25.1 Å². The minimum absolute atomic E-state index is 0.0738. The third-order valence-corrected chi connectivity index (χ3v) is 4.37. The summed E-state index contributed by atoms with van der Waals surface area (Å²) in [5.41, 5.74) is -1.13. The molecule has 2 unspecified atom stereocenters. The van der Waals surface area contributed by atoms with Crippen LogP contribution in [0, 0.1) is 18.3 Å². The molecule has 0 saturated carbocycles. The molecule has 0 radical (unpaired) electrons. The minimum Gasteiger partial charge on any atom is -0.457 e. The first-order chi connectivity index (χ1) is 13.5. The molecule has 8 heteroatoms. The average molecular weight is 467 g/mol. The molecule has 0 spiro atoms. The maximum atomic E-state index is 12.9. The number of hydrogen-bond donors (Lipinski definition) is 1. The van der Waals surface area contributed by atoms with E-state index in [1.54, 1.807) is 39.8 Å². The highest BCUT2D eigenvalue weighted by Gasteiger charge is 2.45. The molecule has 0 aliphatic carbocycles. The van der Waals surface area contributed by atoms with E-state index in [0.29, 0.717) is 5.56 Å². The molecule has 29 heavy (non-hydrogen) atoms. The van der Waals surface area contributed by atoms with Crippen LogP contribution in [-0.2, 0) is 30.3 Å². The van der Waals surface area contributed by atoms with Gasteiger partial charge in [0, 0.05) is 6.42 Å². The van der Waals surface area contributed by atoms with Crippen LogP contribution in [0.5, 0.6) is 0 Å². The Morgan fingerprint density at radius 1 is 1.21 bits per heavy atom. The van der Waals surface area contributed by atoms with Crippen LogP contribution >= 0.6 is 15.9 Å². The second-order valence-corrected chi connectivity index (χ2v) is 8.25. The highest BCUT2D eigenvalue weighted by atomic mass is 79.9. The normalized spacial score (nSPS) is 14.1. The number of carbonyl (C=O) groups excluding carboxylic acids is 3. The Hall–Kier alpha value is -2.40. The number of benzene rings is 1. The zero-order chi connectivity index (χ0) is 22.2. The van der Waals surface area contributed by atoms with Crippen LogP contribution in [0.2, 0.25) is 0 Å². The van der Waals surface area contributed by atoms with Crippen LogP contribution in [0.25, 0.3) is 0 Å². The lowest BCUT2D eigenvalue weighted by molar-refractivity contribution is -0.163. The number of carbonyl (C=O) groups is 3. The van der Waals surface area contributed by atoms with Gasteiger partial charge in [-0.3, -0.25) is 9.59 Å². The summed E-state index contributed by atoms with van der Waals surface area (Å²) in [4.78, 5) is 37.2. The van der Waals surface area contributed by atoms with E-state index < -0.39 is 35.1 Å².